The van der Waals surface area contributed by atoms with E-state index < -0.39 is 46.7 Å². The van der Waals surface area contributed by atoms with Crippen LogP contribution in [0.2, 0.25) is 0 Å². The molecule has 0 aliphatic carbocycles. The van der Waals surface area contributed by atoms with Crippen LogP contribution in [0.4, 0.5) is 49.8 Å². The van der Waals surface area contributed by atoms with Gasteiger partial charge in [-0.1, -0.05) is 23.5 Å². The van der Waals surface area contributed by atoms with Gasteiger partial charge in [0.05, 0.1) is 21.6 Å². The molecule has 0 unspecified atom stereocenters. The van der Waals surface area contributed by atoms with Gasteiger partial charge in [-0.05, 0) is 102 Å². The molecule has 2 aliphatic rings. The molecule has 5 aromatic carbocycles. The van der Waals surface area contributed by atoms with Crippen LogP contribution in [0, 0.1) is 29.1 Å². The van der Waals surface area contributed by atoms with E-state index in [1.807, 2.05) is 55.4 Å². The predicted octanol–water partition coefficient (Wildman–Crippen LogP) is 9.27. The first kappa shape index (κ1) is 40.0. The first-order chi connectivity index (χ1) is 29.8. The van der Waals surface area contributed by atoms with E-state index in [9.17, 15) is 36.3 Å². The van der Waals surface area contributed by atoms with E-state index >= 15 is 0 Å². The van der Waals surface area contributed by atoms with Crippen molar-refractivity contribution in [1.29, 1.82) is 0 Å². The number of nitrogens with one attached hydrogen (secondary N) is 1. The number of azo groups is 1. The van der Waals surface area contributed by atoms with Crippen LogP contribution in [0.25, 0.3) is 27.2 Å². The molecule has 0 bridgehead atoms. The summed E-state index contributed by atoms with van der Waals surface area (Å²) >= 11 is 1.33. The highest BCUT2D eigenvalue weighted by atomic mass is 32.1. The average molecular weight is 863 g/mol. The molecule has 7 aromatic rings. The number of carbonyl (C=O) groups is 3. The van der Waals surface area contributed by atoms with Gasteiger partial charge in [-0.3, -0.25) is 9.59 Å². The van der Waals surface area contributed by atoms with E-state index in [1.165, 1.54) is 22.3 Å². The van der Waals surface area contributed by atoms with E-state index in [-0.39, 0.29) is 23.8 Å². The number of nitrogens with two attached hydrogens (primary N) is 1. The maximum Gasteiger partial charge on any atom is 0.360 e. The van der Waals surface area contributed by atoms with Crippen molar-refractivity contribution in [2.75, 3.05) is 41.9 Å². The number of carbonyl (C=O) groups excluding carboxylic acids is 3. The highest BCUT2D eigenvalue weighted by Gasteiger charge is 2.32. The Bertz CT molecular complexity index is 3060. The monoisotopic (exact) mass is 862 g/mol. The number of hydrogen-bond acceptors (Lipinski definition) is 10. The summed E-state index contributed by atoms with van der Waals surface area (Å²) in [5.74, 6) is -15.3. The molecule has 18 heteroatoms. The fraction of sp³-hybridized carbons (Fsp3) is 0.136. The van der Waals surface area contributed by atoms with Crippen molar-refractivity contribution < 1.29 is 41.1 Å². The van der Waals surface area contributed by atoms with Gasteiger partial charge in [-0.25, -0.2) is 22.9 Å². The Morgan fingerprint density at radius 2 is 1.52 bits per heavy atom. The number of benzene rings is 5. The third kappa shape index (κ3) is 6.96. The van der Waals surface area contributed by atoms with Gasteiger partial charge in [0, 0.05) is 60.7 Å². The lowest BCUT2D eigenvalue weighted by Crippen LogP contribution is -2.33. The summed E-state index contributed by atoms with van der Waals surface area (Å²) in [4.78, 5) is 53.0. The lowest BCUT2D eigenvalue weighted by Gasteiger charge is -2.19. The summed E-state index contributed by atoms with van der Waals surface area (Å²) in [5.41, 5.74) is 12.7. The van der Waals surface area contributed by atoms with Gasteiger partial charge in [0.1, 0.15) is 5.69 Å². The van der Waals surface area contributed by atoms with E-state index in [0.717, 1.165) is 16.0 Å². The standard InChI is InChI=1S/C44H31F5N8O4S/c1-55(2)24-9-7-23(8-10-24)53-54-44-52-30-11-6-22(19-34(30)62-44)41(58)56-16-14-25-21(4-3-5-32(25)56)18-28(50)42(59)57-17-15-26-27-20-31(51-29(27)12-13-33(26)57)43(60)61-40-38(48)36(46)35(45)37(47)39(40)49/h3-13,18-20,51H,14-17,50H2,1-2H3/b28-18-,54-53?. The van der Waals surface area contributed by atoms with E-state index in [0.29, 0.717) is 74.7 Å². The van der Waals surface area contributed by atoms with Gasteiger partial charge in [-0.2, -0.15) is 8.78 Å². The van der Waals surface area contributed by atoms with Crippen LogP contribution in [-0.2, 0) is 17.6 Å². The number of halogens is 5. The highest BCUT2D eigenvalue weighted by Crippen LogP contribution is 2.38. The maximum absolute atomic E-state index is 14.2. The van der Waals surface area contributed by atoms with Crippen molar-refractivity contribution in [3.63, 3.8) is 0 Å². The Morgan fingerprint density at radius 3 is 2.26 bits per heavy atom. The predicted molar refractivity (Wildman–Crippen MR) is 224 cm³/mol. The van der Waals surface area contributed by atoms with E-state index in [2.05, 4.69) is 24.9 Å². The van der Waals surface area contributed by atoms with Crippen molar-refractivity contribution in [2.24, 2.45) is 16.0 Å². The number of ether oxygens (including phenoxy) is 1. The first-order valence-corrected chi connectivity index (χ1v) is 19.8. The van der Waals surface area contributed by atoms with Crippen molar-refractivity contribution in [1.82, 2.24) is 9.97 Å². The summed E-state index contributed by atoms with van der Waals surface area (Å²) in [7, 11) is 3.92. The van der Waals surface area contributed by atoms with E-state index in [1.54, 1.807) is 47.4 Å². The highest BCUT2D eigenvalue weighted by molar-refractivity contribution is 7.21. The minimum Gasteiger partial charge on any atom is -0.415 e. The molecule has 312 valence electrons. The molecule has 0 atom stereocenters. The number of hydrogen-bond donors (Lipinski definition) is 2. The van der Waals surface area contributed by atoms with Crippen LogP contribution in [0.15, 0.2) is 94.8 Å². The second-order valence-corrected chi connectivity index (χ2v) is 15.7. The third-order valence-corrected chi connectivity index (χ3v) is 11.6. The molecule has 2 amide bonds. The number of aromatic nitrogens is 2. The van der Waals surface area contributed by atoms with Gasteiger partial charge in [0.25, 0.3) is 11.8 Å². The van der Waals surface area contributed by atoms with Crippen LogP contribution in [0.5, 0.6) is 5.75 Å². The third-order valence-electron chi connectivity index (χ3n) is 10.7. The Morgan fingerprint density at radius 1 is 0.823 bits per heavy atom. The molecule has 0 fully saturated rings. The summed E-state index contributed by atoms with van der Waals surface area (Å²) in [6.07, 6.45) is 2.44. The van der Waals surface area contributed by atoms with Gasteiger partial charge in [-0.15, -0.1) is 10.2 Å². The van der Waals surface area contributed by atoms with Crippen LogP contribution < -0.4 is 25.2 Å². The number of fused-ring (bicyclic) bond motifs is 5. The summed E-state index contributed by atoms with van der Waals surface area (Å²) < 4.78 is 74.7. The zero-order valence-corrected chi connectivity index (χ0v) is 33.4. The molecule has 2 aliphatic heterocycles. The second kappa shape index (κ2) is 15.5. The number of rotatable bonds is 8. The number of aromatic amines is 1. The summed E-state index contributed by atoms with van der Waals surface area (Å²) in [5, 5.41) is 9.55. The summed E-state index contributed by atoms with van der Waals surface area (Å²) in [6, 6.07) is 22.9. The van der Waals surface area contributed by atoms with Crippen molar-refractivity contribution in [3.8, 4) is 5.75 Å². The molecule has 62 heavy (non-hydrogen) atoms. The Kier molecular flexibility index (Phi) is 10.0. The van der Waals surface area contributed by atoms with Gasteiger partial charge in [0.2, 0.25) is 40.0 Å². The maximum atomic E-state index is 14.2. The molecular formula is C44H31F5N8O4S. The molecule has 3 N–H and O–H groups in total. The zero-order chi connectivity index (χ0) is 43.6. The number of nitrogens with zero attached hydrogens (tertiary/aromatic N) is 6. The fourth-order valence-corrected chi connectivity index (χ4v) is 8.44. The lowest BCUT2D eigenvalue weighted by atomic mass is 10.0. The van der Waals surface area contributed by atoms with Gasteiger partial charge < -0.3 is 30.2 Å². The Balaban J connectivity index is 0.905. The zero-order valence-electron chi connectivity index (χ0n) is 32.6. The summed E-state index contributed by atoms with van der Waals surface area (Å²) in [6.45, 7) is 0.634. The number of amides is 2. The topological polar surface area (TPSA) is 150 Å². The van der Waals surface area contributed by atoms with Crippen LogP contribution in [0.3, 0.4) is 0 Å². The molecule has 2 aromatic heterocycles. The molecule has 0 saturated heterocycles. The van der Waals surface area contributed by atoms with Crippen LogP contribution in [-0.4, -0.2) is 54.9 Å². The van der Waals surface area contributed by atoms with E-state index in [4.69, 9.17) is 5.73 Å². The van der Waals surface area contributed by atoms with Crippen molar-refractivity contribution in [2.45, 2.75) is 12.8 Å². The average Bonchev–Trinajstić information content (AvgIpc) is 4.09. The smallest absolute Gasteiger partial charge is 0.360 e. The molecule has 4 heterocycles. The molecular weight excluding hydrogens is 832 g/mol. The quantitative estimate of drug-likeness (QED) is 0.0294. The molecule has 0 radical (unpaired) electrons. The fourth-order valence-electron chi connectivity index (χ4n) is 7.61. The molecule has 9 rings (SSSR count). The number of anilines is 3. The van der Waals surface area contributed by atoms with Crippen LogP contribution >= 0.6 is 11.3 Å². The Labute approximate surface area is 352 Å². The molecule has 12 nitrogen and oxygen atoms in total. The van der Waals surface area contributed by atoms with Crippen molar-refractivity contribution in [3.05, 3.63) is 142 Å². The normalized spacial score (nSPS) is 13.7. The minimum absolute atomic E-state index is 0.0635. The SMILES string of the molecule is CN(C)c1ccc(N=Nc2nc3ccc(C(=O)N4CCc5c(/C=C(\N)C(=O)N6CCc7c6ccc6[nH]c(C(=O)Oc8c(F)c(F)c(F)c(F)c8F)cc76)cccc54)cc3s2)cc1. The number of thiazole rings is 1. The minimum atomic E-state index is -2.39. The first-order valence-electron chi connectivity index (χ1n) is 19.0. The van der Waals surface area contributed by atoms with Crippen LogP contribution in [0.1, 0.15) is 37.5 Å². The Hall–Kier alpha value is -7.47. The lowest BCUT2D eigenvalue weighted by molar-refractivity contribution is -0.115. The largest absolute Gasteiger partial charge is 0.415 e. The second-order valence-electron chi connectivity index (χ2n) is 14.6. The molecule has 0 saturated carbocycles. The van der Waals surface area contributed by atoms with Gasteiger partial charge >= 0.3 is 5.97 Å². The molecule has 0 spiro atoms. The number of esters is 1. The number of H-pyrrole nitrogens is 1. The van der Waals surface area contributed by atoms with Gasteiger partial charge in [0.15, 0.2) is 0 Å². The van der Waals surface area contributed by atoms with Crippen molar-refractivity contribution >= 4 is 84.2 Å².